The summed E-state index contributed by atoms with van der Waals surface area (Å²) in [6, 6.07) is 11.5. The molecule has 0 atom stereocenters. The number of aryl methyl sites for hydroxylation is 1. The van der Waals surface area contributed by atoms with Gasteiger partial charge in [0.2, 0.25) is 0 Å². The first-order valence-electron chi connectivity index (χ1n) is 8.01. The summed E-state index contributed by atoms with van der Waals surface area (Å²) in [4.78, 5) is 12.3. The van der Waals surface area contributed by atoms with Gasteiger partial charge in [-0.2, -0.15) is 0 Å². The fraction of sp³-hybridized carbons (Fsp3) is 0.316. The van der Waals surface area contributed by atoms with Crippen LogP contribution in [0.15, 0.2) is 47.4 Å². The number of hydrogen-bond donors (Lipinski definition) is 2. The second-order valence-corrected chi connectivity index (χ2v) is 8.77. The number of carbonyl (C=O) groups is 1. The lowest BCUT2D eigenvalue weighted by atomic mass is 10.1. The molecular weight excluding hydrogens is 336 g/mol. The van der Waals surface area contributed by atoms with Crippen LogP contribution in [0, 0.1) is 13.8 Å². The van der Waals surface area contributed by atoms with Crippen LogP contribution >= 0.6 is 0 Å². The highest BCUT2D eigenvalue weighted by Crippen LogP contribution is 2.22. The third kappa shape index (κ3) is 4.82. The van der Waals surface area contributed by atoms with Gasteiger partial charge in [0.25, 0.3) is 15.9 Å². The van der Waals surface area contributed by atoms with E-state index in [0.29, 0.717) is 11.3 Å². The Morgan fingerprint density at radius 1 is 1.00 bits per heavy atom. The molecule has 0 heterocycles. The van der Waals surface area contributed by atoms with Gasteiger partial charge in [0.15, 0.2) is 0 Å². The van der Waals surface area contributed by atoms with E-state index in [1.807, 2.05) is 40.7 Å². The van der Waals surface area contributed by atoms with Crippen LogP contribution in [0.5, 0.6) is 0 Å². The topological polar surface area (TPSA) is 75.3 Å². The van der Waals surface area contributed by atoms with Gasteiger partial charge in [0, 0.05) is 11.1 Å². The van der Waals surface area contributed by atoms with Crippen LogP contribution in [0.2, 0.25) is 0 Å². The third-order valence-corrected chi connectivity index (χ3v) is 5.11. The first-order chi connectivity index (χ1) is 11.5. The van der Waals surface area contributed by atoms with E-state index in [4.69, 9.17) is 0 Å². The van der Waals surface area contributed by atoms with Gasteiger partial charge in [-0.25, -0.2) is 8.42 Å². The van der Waals surface area contributed by atoms with Crippen molar-refractivity contribution < 1.29 is 13.2 Å². The number of nitrogens with one attached hydrogen (secondary N) is 2. The van der Waals surface area contributed by atoms with E-state index >= 15 is 0 Å². The van der Waals surface area contributed by atoms with E-state index in [9.17, 15) is 13.2 Å². The summed E-state index contributed by atoms with van der Waals surface area (Å²) in [6.07, 6.45) is 0. The molecule has 2 N–H and O–H groups in total. The molecule has 2 aromatic rings. The minimum atomic E-state index is -3.78. The smallest absolute Gasteiger partial charge is 0.261 e. The number of rotatable bonds is 4. The number of benzene rings is 2. The summed E-state index contributed by atoms with van der Waals surface area (Å²) >= 11 is 0. The molecule has 0 saturated carbocycles. The quantitative estimate of drug-likeness (QED) is 0.874. The molecule has 1 amide bonds. The summed E-state index contributed by atoms with van der Waals surface area (Å²) in [5.74, 6) is -0.309. The van der Waals surface area contributed by atoms with Crippen molar-refractivity contribution in [3.05, 3.63) is 59.2 Å². The number of amides is 1. The molecule has 6 heteroatoms. The van der Waals surface area contributed by atoms with E-state index in [0.717, 1.165) is 11.1 Å². The lowest BCUT2D eigenvalue weighted by Gasteiger charge is -2.20. The molecule has 2 rings (SSSR count). The normalized spacial score (nSPS) is 11.9. The largest absolute Gasteiger partial charge is 0.347 e. The monoisotopic (exact) mass is 360 g/mol. The van der Waals surface area contributed by atoms with Crippen LogP contribution in [0.1, 0.15) is 42.3 Å². The Hall–Kier alpha value is -2.34. The molecule has 0 fully saturated rings. The van der Waals surface area contributed by atoms with Gasteiger partial charge in [-0.05, 0) is 70.0 Å². The highest BCUT2D eigenvalue weighted by molar-refractivity contribution is 7.92. The lowest BCUT2D eigenvalue weighted by Crippen LogP contribution is -2.40. The van der Waals surface area contributed by atoms with Crippen molar-refractivity contribution in [3.63, 3.8) is 0 Å². The van der Waals surface area contributed by atoms with Crippen LogP contribution in [0.4, 0.5) is 5.69 Å². The number of sulfonamides is 1. The Kier molecular flexibility index (Phi) is 5.23. The standard InChI is InChI=1S/C19H24N2O3S/c1-13-8-6-11-17(14(13)2)21-25(23,24)16-10-7-9-15(12-16)18(22)20-19(3,4)5/h6-12,21H,1-5H3,(H,20,22). The zero-order valence-electron chi connectivity index (χ0n) is 15.2. The molecule has 2 aromatic carbocycles. The van der Waals surface area contributed by atoms with Gasteiger partial charge in [-0.3, -0.25) is 9.52 Å². The Bertz CT molecular complexity index is 897. The Balaban J connectivity index is 2.33. The SMILES string of the molecule is Cc1cccc(NS(=O)(=O)c2cccc(C(=O)NC(C)(C)C)c2)c1C. The molecule has 0 unspecified atom stereocenters. The van der Waals surface area contributed by atoms with Crippen molar-refractivity contribution in [1.82, 2.24) is 5.32 Å². The summed E-state index contributed by atoms with van der Waals surface area (Å²) < 4.78 is 28.0. The Labute approximate surface area is 149 Å². The maximum atomic E-state index is 12.7. The van der Waals surface area contributed by atoms with Crippen molar-refractivity contribution >= 4 is 21.6 Å². The van der Waals surface area contributed by atoms with E-state index in [2.05, 4.69) is 10.0 Å². The van der Waals surface area contributed by atoms with Crippen LogP contribution < -0.4 is 10.0 Å². The fourth-order valence-corrected chi connectivity index (χ4v) is 3.45. The van der Waals surface area contributed by atoms with Gasteiger partial charge in [-0.15, -0.1) is 0 Å². The average molecular weight is 360 g/mol. The molecule has 0 spiro atoms. The number of hydrogen-bond acceptors (Lipinski definition) is 3. The van der Waals surface area contributed by atoms with Gasteiger partial charge in [-0.1, -0.05) is 18.2 Å². The van der Waals surface area contributed by atoms with E-state index in [1.165, 1.54) is 12.1 Å². The van der Waals surface area contributed by atoms with Crippen molar-refractivity contribution in [3.8, 4) is 0 Å². The van der Waals surface area contributed by atoms with Crippen LogP contribution in [0.25, 0.3) is 0 Å². The Morgan fingerprint density at radius 2 is 1.64 bits per heavy atom. The van der Waals surface area contributed by atoms with Gasteiger partial charge in [0.05, 0.1) is 10.6 Å². The molecule has 0 aromatic heterocycles. The maximum Gasteiger partial charge on any atom is 0.261 e. The van der Waals surface area contributed by atoms with Crippen molar-refractivity contribution in [2.45, 2.75) is 45.1 Å². The summed E-state index contributed by atoms with van der Waals surface area (Å²) in [7, 11) is -3.78. The average Bonchev–Trinajstić information content (AvgIpc) is 2.50. The molecular formula is C19H24N2O3S. The number of anilines is 1. The molecule has 0 aliphatic rings. The van der Waals surface area contributed by atoms with Crippen molar-refractivity contribution in [2.75, 3.05) is 4.72 Å². The van der Waals surface area contributed by atoms with Crippen LogP contribution in [0.3, 0.4) is 0 Å². The zero-order valence-corrected chi connectivity index (χ0v) is 16.0. The van der Waals surface area contributed by atoms with Crippen LogP contribution in [-0.4, -0.2) is 19.9 Å². The van der Waals surface area contributed by atoms with Crippen molar-refractivity contribution in [2.24, 2.45) is 0 Å². The molecule has 0 aliphatic carbocycles. The van der Waals surface area contributed by atoms with Gasteiger partial charge < -0.3 is 5.32 Å². The molecule has 0 aliphatic heterocycles. The van der Waals surface area contributed by atoms with Gasteiger partial charge in [0.1, 0.15) is 0 Å². The lowest BCUT2D eigenvalue weighted by molar-refractivity contribution is 0.0919. The Morgan fingerprint density at radius 3 is 2.28 bits per heavy atom. The van der Waals surface area contributed by atoms with Crippen molar-refractivity contribution in [1.29, 1.82) is 0 Å². The third-order valence-electron chi connectivity index (χ3n) is 3.74. The highest BCUT2D eigenvalue weighted by Gasteiger charge is 2.19. The second kappa shape index (κ2) is 6.88. The summed E-state index contributed by atoms with van der Waals surface area (Å²) in [5.41, 5.74) is 2.30. The molecule has 134 valence electrons. The molecule has 0 bridgehead atoms. The predicted molar refractivity (Wildman–Crippen MR) is 100 cm³/mol. The maximum absolute atomic E-state index is 12.7. The van der Waals surface area contributed by atoms with Gasteiger partial charge >= 0.3 is 0 Å². The molecule has 25 heavy (non-hydrogen) atoms. The zero-order chi connectivity index (χ0) is 18.8. The van der Waals surface area contributed by atoms with E-state index < -0.39 is 15.6 Å². The predicted octanol–water partition coefficient (Wildman–Crippen LogP) is 3.63. The second-order valence-electron chi connectivity index (χ2n) is 7.08. The molecule has 5 nitrogen and oxygen atoms in total. The molecule has 0 radical (unpaired) electrons. The molecule has 0 saturated heterocycles. The first-order valence-corrected chi connectivity index (χ1v) is 9.49. The fourth-order valence-electron chi connectivity index (χ4n) is 2.28. The van der Waals surface area contributed by atoms with Crippen LogP contribution in [-0.2, 0) is 10.0 Å². The minimum absolute atomic E-state index is 0.0509. The first kappa shape index (κ1) is 19.0. The van der Waals surface area contributed by atoms with E-state index in [1.54, 1.807) is 24.3 Å². The highest BCUT2D eigenvalue weighted by atomic mass is 32.2. The number of carbonyl (C=O) groups excluding carboxylic acids is 1. The van der Waals surface area contributed by atoms with E-state index in [-0.39, 0.29) is 10.8 Å². The minimum Gasteiger partial charge on any atom is -0.347 e. The summed E-state index contributed by atoms with van der Waals surface area (Å²) in [5, 5.41) is 2.83. The summed E-state index contributed by atoms with van der Waals surface area (Å²) in [6.45, 7) is 9.39.